The Hall–Kier alpha value is -2.40. The topological polar surface area (TPSA) is 48.4 Å². The lowest BCUT2D eigenvalue weighted by molar-refractivity contribution is -0.139. The largest absolute Gasteiger partial charge is 0.489 e. The number of nitrogens with zero attached hydrogens (tertiary/aromatic N) is 1. The predicted octanol–water partition coefficient (Wildman–Crippen LogP) is 4.77. The molecular weight excluding hydrogens is 346 g/mol. The number of hydrogen-bond donors (Lipinski definition) is 0. The number of thiophene rings is 1. The van der Waals surface area contributed by atoms with Gasteiger partial charge in [-0.25, -0.2) is 0 Å². The average Bonchev–Trinajstić information content (AvgIpc) is 3.03. The van der Waals surface area contributed by atoms with Gasteiger partial charge >= 0.3 is 5.97 Å². The van der Waals surface area contributed by atoms with Crippen LogP contribution in [0.5, 0.6) is 5.75 Å². The van der Waals surface area contributed by atoms with Crippen molar-refractivity contribution in [2.24, 2.45) is 0 Å². The molecule has 0 bridgehead atoms. The molecule has 1 aromatic carbocycles. The maximum atomic E-state index is 11.7. The van der Waals surface area contributed by atoms with Crippen LogP contribution in [0.15, 0.2) is 29.6 Å². The third-order valence-electron chi connectivity index (χ3n) is 4.48. The molecule has 0 atom stereocenters. The van der Waals surface area contributed by atoms with E-state index in [0.29, 0.717) is 13.0 Å². The van der Waals surface area contributed by atoms with Gasteiger partial charge in [0.2, 0.25) is 0 Å². The van der Waals surface area contributed by atoms with Gasteiger partial charge in [-0.15, -0.1) is 11.3 Å². The van der Waals surface area contributed by atoms with Crippen LogP contribution >= 0.6 is 11.3 Å². The normalized spacial score (nSPS) is 10.9. The minimum Gasteiger partial charge on any atom is -0.489 e. The first kappa shape index (κ1) is 18.4. The monoisotopic (exact) mass is 369 g/mol. The second kappa shape index (κ2) is 7.87. The van der Waals surface area contributed by atoms with Crippen LogP contribution in [0.2, 0.25) is 0 Å². The molecule has 0 N–H and O–H groups in total. The molecular formula is C21H23NO3S. The quantitative estimate of drug-likeness (QED) is 0.587. The summed E-state index contributed by atoms with van der Waals surface area (Å²) in [6.07, 6.45) is 1.18. The fraction of sp³-hybridized carbons (Fsp3) is 0.333. The summed E-state index contributed by atoms with van der Waals surface area (Å²) < 4.78 is 12.0. The van der Waals surface area contributed by atoms with Crippen molar-refractivity contribution in [1.29, 1.82) is 0 Å². The van der Waals surface area contributed by atoms with Gasteiger partial charge in [-0.3, -0.25) is 9.78 Å². The molecule has 0 unspecified atom stereocenters. The average molecular weight is 369 g/mol. The zero-order chi connectivity index (χ0) is 18.7. The van der Waals surface area contributed by atoms with Crippen LogP contribution in [0.1, 0.15) is 35.0 Å². The van der Waals surface area contributed by atoms with Gasteiger partial charge in [0.15, 0.2) is 0 Å². The van der Waals surface area contributed by atoms with Crippen molar-refractivity contribution in [2.45, 2.75) is 40.2 Å². The minimum absolute atomic E-state index is 0.213. The van der Waals surface area contributed by atoms with Crippen LogP contribution in [0.25, 0.3) is 10.1 Å². The molecule has 26 heavy (non-hydrogen) atoms. The Bertz CT molecular complexity index is 946. The SMILES string of the molecule is CCc1cc(OCc2ccc(C)nc2C)cc2scc(CC(=O)OC)c12. The Labute approximate surface area is 157 Å². The van der Waals surface area contributed by atoms with Crippen molar-refractivity contribution in [1.82, 2.24) is 4.98 Å². The van der Waals surface area contributed by atoms with E-state index in [9.17, 15) is 4.79 Å². The van der Waals surface area contributed by atoms with Crippen LogP contribution in [-0.4, -0.2) is 18.1 Å². The summed E-state index contributed by atoms with van der Waals surface area (Å²) in [5.74, 6) is 0.634. The smallest absolute Gasteiger partial charge is 0.310 e. The van der Waals surface area contributed by atoms with Crippen molar-refractivity contribution in [3.8, 4) is 5.75 Å². The Balaban J connectivity index is 1.87. The van der Waals surface area contributed by atoms with E-state index in [1.54, 1.807) is 11.3 Å². The zero-order valence-electron chi connectivity index (χ0n) is 15.6. The van der Waals surface area contributed by atoms with Crippen LogP contribution in [-0.2, 0) is 29.0 Å². The van der Waals surface area contributed by atoms with Gasteiger partial charge < -0.3 is 9.47 Å². The van der Waals surface area contributed by atoms with E-state index < -0.39 is 0 Å². The van der Waals surface area contributed by atoms with Gasteiger partial charge in [-0.1, -0.05) is 13.0 Å². The lowest BCUT2D eigenvalue weighted by Crippen LogP contribution is -2.04. The molecule has 0 spiro atoms. The van der Waals surface area contributed by atoms with Gasteiger partial charge in [0, 0.05) is 21.7 Å². The highest BCUT2D eigenvalue weighted by Gasteiger charge is 2.14. The number of aromatic nitrogens is 1. The lowest BCUT2D eigenvalue weighted by Gasteiger charge is -2.11. The van der Waals surface area contributed by atoms with Gasteiger partial charge in [0.1, 0.15) is 12.4 Å². The van der Waals surface area contributed by atoms with Crippen LogP contribution in [0.3, 0.4) is 0 Å². The van der Waals surface area contributed by atoms with E-state index >= 15 is 0 Å². The molecule has 0 saturated carbocycles. The molecule has 136 valence electrons. The highest BCUT2D eigenvalue weighted by atomic mass is 32.1. The van der Waals surface area contributed by atoms with Crippen LogP contribution < -0.4 is 4.74 Å². The standard InChI is InChI=1S/C21H23NO3S/c1-5-15-8-18(25-11-16-7-6-13(2)22-14(16)3)10-19-21(15)17(12-26-19)9-20(23)24-4/h6-8,10,12H,5,9,11H2,1-4H3. The summed E-state index contributed by atoms with van der Waals surface area (Å²) in [5.41, 5.74) is 5.32. The summed E-state index contributed by atoms with van der Waals surface area (Å²) in [7, 11) is 1.42. The van der Waals surface area contributed by atoms with Gasteiger partial charge in [0.25, 0.3) is 0 Å². The summed E-state index contributed by atoms with van der Waals surface area (Å²) in [4.78, 5) is 16.1. The number of ether oxygens (including phenoxy) is 2. The number of methoxy groups -OCH3 is 1. The third kappa shape index (κ3) is 3.88. The molecule has 0 aliphatic heterocycles. The summed E-state index contributed by atoms with van der Waals surface area (Å²) in [5, 5.41) is 3.20. The number of hydrogen-bond acceptors (Lipinski definition) is 5. The van der Waals surface area contributed by atoms with Crippen molar-refractivity contribution in [3.05, 3.63) is 57.7 Å². The molecule has 3 aromatic rings. The van der Waals surface area contributed by atoms with Crippen LogP contribution in [0.4, 0.5) is 0 Å². The molecule has 4 nitrogen and oxygen atoms in total. The first-order chi connectivity index (χ1) is 12.5. The number of fused-ring (bicyclic) bond motifs is 1. The van der Waals surface area contributed by atoms with E-state index in [2.05, 4.69) is 30.1 Å². The number of esters is 1. The highest BCUT2D eigenvalue weighted by Crippen LogP contribution is 2.34. The molecule has 0 aliphatic carbocycles. The Morgan fingerprint density at radius 1 is 1.15 bits per heavy atom. The molecule has 5 heteroatoms. The molecule has 0 amide bonds. The van der Waals surface area contributed by atoms with Crippen molar-refractivity contribution in [3.63, 3.8) is 0 Å². The highest BCUT2D eigenvalue weighted by molar-refractivity contribution is 7.17. The fourth-order valence-electron chi connectivity index (χ4n) is 3.05. The molecule has 0 saturated heterocycles. The first-order valence-corrected chi connectivity index (χ1v) is 9.55. The molecule has 0 aliphatic rings. The fourth-order valence-corrected chi connectivity index (χ4v) is 4.08. The molecule has 2 heterocycles. The first-order valence-electron chi connectivity index (χ1n) is 8.67. The molecule has 0 radical (unpaired) electrons. The Morgan fingerprint density at radius 2 is 1.96 bits per heavy atom. The zero-order valence-corrected chi connectivity index (χ0v) is 16.4. The second-order valence-corrected chi connectivity index (χ2v) is 7.22. The van der Waals surface area contributed by atoms with Gasteiger partial charge in [0.05, 0.1) is 13.5 Å². The van der Waals surface area contributed by atoms with Crippen molar-refractivity contribution < 1.29 is 14.3 Å². The number of carbonyl (C=O) groups is 1. The lowest BCUT2D eigenvalue weighted by atomic mass is 10.0. The minimum atomic E-state index is -0.213. The van der Waals surface area contributed by atoms with E-state index in [1.165, 1.54) is 12.7 Å². The predicted molar refractivity (Wildman–Crippen MR) is 105 cm³/mol. The van der Waals surface area contributed by atoms with E-state index in [0.717, 1.165) is 44.8 Å². The van der Waals surface area contributed by atoms with E-state index in [4.69, 9.17) is 9.47 Å². The Kier molecular flexibility index (Phi) is 5.57. The maximum absolute atomic E-state index is 11.7. The molecule has 0 fully saturated rings. The number of pyridine rings is 1. The third-order valence-corrected chi connectivity index (χ3v) is 5.46. The number of carbonyl (C=O) groups excluding carboxylic acids is 1. The Morgan fingerprint density at radius 3 is 2.65 bits per heavy atom. The number of rotatable bonds is 6. The summed E-state index contributed by atoms with van der Waals surface area (Å²) in [6.45, 7) is 6.60. The second-order valence-electron chi connectivity index (χ2n) is 6.31. The van der Waals surface area contributed by atoms with Gasteiger partial charge in [-0.05, 0) is 60.4 Å². The molecule has 3 rings (SSSR count). The summed E-state index contributed by atoms with van der Waals surface area (Å²) in [6, 6.07) is 8.20. The van der Waals surface area contributed by atoms with Gasteiger partial charge in [-0.2, -0.15) is 0 Å². The van der Waals surface area contributed by atoms with Crippen molar-refractivity contribution in [2.75, 3.05) is 7.11 Å². The van der Waals surface area contributed by atoms with E-state index in [-0.39, 0.29) is 5.97 Å². The molecule has 2 aromatic heterocycles. The number of aryl methyl sites for hydroxylation is 3. The maximum Gasteiger partial charge on any atom is 0.310 e. The summed E-state index contributed by atoms with van der Waals surface area (Å²) >= 11 is 1.64. The van der Waals surface area contributed by atoms with E-state index in [1.807, 2.05) is 25.3 Å². The van der Waals surface area contributed by atoms with Crippen molar-refractivity contribution >= 4 is 27.4 Å². The number of benzene rings is 1. The van der Waals surface area contributed by atoms with Crippen LogP contribution in [0, 0.1) is 13.8 Å².